The molecule has 0 aromatic carbocycles. The zero-order valence-electron chi connectivity index (χ0n) is 8.45. The van der Waals surface area contributed by atoms with E-state index in [0.717, 1.165) is 38.2 Å². The van der Waals surface area contributed by atoms with Crippen molar-refractivity contribution < 1.29 is 9.15 Å². The Balaban J connectivity index is 1.89. The van der Waals surface area contributed by atoms with Crippen LogP contribution in [-0.2, 0) is 4.74 Å². The van der Waals surface area contributed by atoms with E-state index in [0.29, 0.717) is 12.1 Å². The molecule has 78 valence electrons. The highest BCUT2D eigenvalue weighted by Crippen LogP contribution is 2.14. The number of aryl methyl sites for hydroxylation is 1. The molecule has 1 aromatic heterocycles. The van der Waals surface area contributed by atoms with E-state index in [1.54, 1.807) is 6.26 Å². The zero-order chi connectivity index (χ0) is 9.80. The molecule has 0 radical (unpaired) electrons. The van der Waals surface area contributed by atoms with Gasteiger partial charge >= 0.3 is 0 Å². The van der Waals surface area contributed by atoms with Crippen LogP contribution in [0.2, 0.25) is 0 Å². The molecule has 1 atom stereocenters. The zero-order valence-corrected chi connectivity index (χ0v) is 8.45. The van der Waals surface area contributed by atoms with Gasteiger partial charge in [0.25, 0.3) is 6.01 Å². The molecule has 0 saturated carbocycles. The van der Waals surface area contributed by atoms with Crippen molar-refractivity contribution in [1.29, 1.82) is 0 Å². The maximum absolute atomic E-state index is 5.38. The lowest BCUT2D eigenvalue weighted by Crippen LogP contribution is -2.19. The van der Waals surface area contributed by atoms with Crippen molar-refractivity contribution in [3.05, 3.63) is 12.0 Å². The second-order valence-electron chi connectivity index (χ2n) is 3.68. The number of ether oxygens (including phenoxy) is 1. The van der Waals surface area contributed by atoms with Gasteiger partial charge in [-0.1, -0.05) is 0 Å². The maximum atomic E-state index is 5.38. The minimum absolute atomic E-state index is 0.440. The summed E-state index contributed by atoms with van der Waals surface area (Å²) in [7, 11) is 0. The fourth-order valence-electron chi connectivity index (χ4n) is 1.64. The number of hydrogen-bond acceptors (Lipinski definition) is 4. The van der Waals surface area contributed by atoms with Gasteiger partial charge in [-0.15, -0.1) is 0 Å². The number of anilines is 1. The van der Waals surface area contributed by atoms with Gasteiger partial charge in [0.15, 0.2) is 0 Å². The lowest BCUT2D eigenvalue weighted by Gasteiger charge is -2.13. The monoisotopic (exact) mass is 196 g/mol. The predicted molar refractivity (Wildman–Crippen MR) is 53.3 cm³/mol. The van der Waals surface area contributed by atoms with Crippen LogP contribution in [0.25, 0.3) is 0 Å². The second kappa shape index (κ2) is 4.46. The SMILES string of the molecule is Cc1coc(NC2CCCOCC2)n1. The molecule has 1 aliphatic rings. The Morgan fingerprint density at radius 3 is 3.14 bits per heavy atom. The average Bonchev–Trinajstić information content (AvgIpc) is 2.43. The highest BCUT2D eigenvalue weighted by atomic mass is 16.5. The molecule has 4 nitrogen and oxygen atoms in total. The first-order valence-corrected chi connectivity index (χ1v) is 5.11. The van der Waals surface area contributed by atoms with Crippen molar-refractivity contribution in [2.24, 2.45) is 0 Å². The van der Waals surface area contributed by atoms with Crippen LogP contribution in [0.4, 0.5) is 6.01 Å². The van der Waals surface area contributed by atoms with Crippen molar-refractivity contribution >= 4 is 6.01 Å². The molecule has 1 aliphatic heterocycles. The third kappa shape index (κ3) is 2.48. The minimum Gasteiger partial charge on any atom is -0.432 e. The molecule has 1 aromatic rings. The van der Waals surface area contributed by atoms with Crippen LogP contribution < -0.4 is 5.32 Å². The molecule has 1 saturated heterocycles. The Morgan fingerprint density at radius 1 is 1.43 bits per heavy atom. The molecule has 0 spiro atoms. The van der Waals surface area contributed by atoms with Gasteiger partial charge < -0.3 is 14.5 Å². The summed E-state index contributed by atoms with van der Waals surface area (Å²) < 4.78 is 10.6. The van der Waals surface area contributed by atoms with E-state index in [-0.39, 0.29) is 0 Å². The van der Waals surface area contributed by atoms with E-state index in [9.17, 15) is 0 Å². The fraction of sp³-hybridized carbons (Fsp3) is 0.700. The van der Waals surface area contributed by atoms with E-state index in [2.05, 4.69) is 10.3 Å². The van der Waals surface area contributed by atoms with Crippen molar-refractivity contribution in [3.63, 3.8) is 0 Å². The van der Waals surface area contributed by atoms with Gasteiger partial charge in [-0.25, -0.2) is 0 Å². The highest BCUT2D eigenvalue weighted by molar-refractivity contribution is 5.22. The minimum atomic E-state index is 0.440. The van der Waals surface area contributed by atoms with Crippen LogP contribution in [0.3, 0.4) is 0 Å². The normalized spacial score (nSPS) is 23.1. The Kier molecular flexibility index (Phi) is 3.03. The van der Waals surface area contributed by atoms with Gasteiger partial charge in [-0.05, 0) is 26.2 Å². The third-order valence-corrected chi connectivity index (χ3v) is 2.40. The largest absolute Gasteiger partial charge is 0.432 e. The van der Waals surface area contributed by atoms with Crippen LogP contribution >= 0.6 is 0 Å². The number of aromatic nitrogens is 1. The summed E-state index contributed by atoms with van der Waals surface area (Å²) >= 11 is 0. The number of nitrogens with one attached hydrogen (secondary N) is 1. The first kappa shape index (κ1) is 9.52. The Bertz CT molecular complexity index is 277. The van der Waals surface area contributed by atoms with Crippen LogP contribution in [0.15, 0.2) is 10.7 Å². The van der Waals surface area contributed by atoms with E-state index in [1.165, 1.54) is 0 Å². The molecular formula is C10H16N2O2. The number of oxazole rings is 1. The van der Waals surface area contributed by atoms with Gasteiger partial charge in [0.1, 0.15) is 6.26 Å². The molecule has 0 aliphatic carbocycles. The first-order chi connectivity index (χ1) is 6.84. The highest BCUT2D eigenvalue weighted by Gasteiger charge is 2.13. The lowest BCUT2D eigenvalue weighted by molar-refractivity contribution is 0.144. The molecule has 14 heavy (non-hydrogen) atoms. The van der Waals surface area contributed by atoms with Gasteiger partial charge in [0.2, 0.25) is 0 Å². The standard InChI is InChI=1S/C10H16N2O2/c1-8-7-14-10(11-8)12-9-3-2-5-13-6-4-9/h7,9H,2-6H2,1H3,(H,11,12). The van der Waals surface area contributed by atoms with Gasteiger partial charge in [-0.3, -0.25) is 0 Å². The quantitative estimate of drug-likeness (QED) is 0.785. The summed E-state index contributed by atoms with van der Waals surface area (Å²) in [5.74, 6) is 0. The first-order valence-electron chi connectivity index (χ1n) is 5.11. The van der Waals surface area contributed by atoms with Gasteiger partial charge in [-0.2, -0.15) is 4.98 Å². The third-order valence-electron chi connectivity index (χ3n) is 2.40. The van der Waals surface area contributed by atoms with Crippen LogP contribution in [-0.4, -0.2) is 24.2 Å². The molecular weight excluding hydrogens is 180 g/mol. The number of rotatable bonds is 2. The Morgan fingerprint density at radius 2 is 2.36 bits per heavy atom. The average molecular weight is 196 g/mol. The molecule has 0 amide bonds. The summed E-state index contributed by atoms with van der Waals surface area (Å²) in [5.41, 5.74) is 0.914. The molecule has 2 rings (SSSR count). The van der Waals surface area contributed by atoms with E-state index < -0.39 is 0 Å². The molecule has 1 fully saturated rings. The summed E-state index contributed by atoms with van der Waals surface area (Å²) in [6, 6.07) is 1.07. The number of nitrogens with zero attached hydrogens (tertiary/aromatic N) is 1. The topological polar surface area (TPSA) is 47.3 Å². The van der Waals surface area contributed by atoms with E-state index in [4.69, 9.17) is 9.15 Å². The Labute approximate surface area is 83.7 Å². The van der Waals surface area contributed by atoms with Crippen LogP contribution in [0.1, 0.15) is 25.0 Å². The van der Waals surface area contributed by atoms with Gasteiger partial charge in [0, 0.05) is 19.3 Å². The van der Waals surface area contributed by atoms with E-state index >= 15 is 0 Å². The van der Waals surface area contributed by atoms with Crippen LogP contribution in [0, 0.1) is 6.92 Å². The van der Waals surface area contributed by atoms with Crippen molar-refractivity contribution in [2.75, 3.05) is 18.5 Å². The Hall–Kier alpha value is -1.03. The molecule has 0 bridgehead atoms. The second-order valence-corrected chi connectivity index (χ2v) is 3.68. The summed E-state index contributed by atoms with van der Waals surface area (Å²) in [5, 5.41) is 3.28. The number of hydrogen-bond donors (Lipinski definition) is 1. The molecule has 1 N–H and O–H groups in total. The summed E-state index contributed by atoms with van der Waals surface area (Å²) in [6.45, 7) is 3.63. The molecule has 4 heteroatoms. The van der Waals surface area contributed by atoms with Crippen molar-refractivity contribution in [3.8, 4) is 0 Å². The van der Waals surface area contributed by atoms with E-state index in [1.807, 2.05) is 6.92 Å². The fourth-order valence-corrected chi connectivity index (χ4v) is 1.64. The molecule has 1 unspecified atom stereocenters. The summed E-state index contributed by atoms with van der Waals surface area (Å²) in [4.78, 5) is 4.22. The lowest BCUT2D eigenvalue weighted by atomic mass is 10.1. The van der Waals surface area contributed by atoms with Gasteiger partial charge in [0.05, 0.1) is 5.69 Å². The van der Waals surface area contributed by atoms with Crippen LogP contribution in [0.5, 0.6) is 0 Å². The smallest absolute Gasteiger partial charge is 0.294 e. The maximum Gasteiger partial charge on any atom is 0.294 e. The van der Waals surface area contributed by atoms with Crippen molar-refractivity contribution in [2.45, 2.75) is 32.2 Å². The molecule has 2 heterocycles. The summed E-state index contributed by atoms with van der Waals surface area (Å²) in [6.07, 6.45) is 4.93. The predicted octanol–water partition coefficient (Wildman–Crippen LogP) is 1.96. The van der Waals surface area contributed by atoms with Crippen molar-refractivity contribution in [1.82, 2.24) is 4.98 Å².